The molecule has 0 bridgehead atoms. The van der Waals surface area contributed by atoms with Crippen LogP contribution >= 0.6 is 0 Å². The maximum atomic E-state index is 11.9. The van der Waals surface area contributed by atoms with Gasteiger partial charge < -0.3 is 19.3 Å². The molecule has 0 unspecified atom stereocenters. The zero-order valence-electron chi connectivity index (χ0n) is 19.4. The average Bonchev–Trinajstić information content (AvgIpc) is 3.52. The van der Waals surface area contributed by atoms with E-state index in [0.717, 1.165) is 22.5 Å². The highest BCUT2D eigenvalue weighted by Gasteiger charge is 2.38. The molecule has 3 heterocycles. The van der Waals surface area contributed by atoms with Gasteiger partial charge in [0.2, 0.25) is 5.95 Å². The van der Waals surface area contributed by atoms with E-state index in [0.29, 0.717) is 37.0 Å². The summed E-state index contributed by atoms with van der Waals surface area (Å²) in [5, 5.41) is 13.9. The van der Waals surface area contributed by atoms with Crippen molar-refractivity contribution in [3.8, 4) is 17.0 Å². The Morgan fingerprint density at radius 2 is 1.91 bits per heavy atom. The first-order valence-corrected chi connectivity index (χ1v) is 11.6. The first-order chi connectivity index (χ1) is 17.0. The van der Waals surface area contributed by atoms with Gasteiger partial charge >= 0.3 is 5.97 Å². The minimum absolute atomic E-state index is 0.0334. The van der Waals surface area contributed by atoms with Gasteiger partial charge in [0.15, 0.2) is 5.76 Å². The van der Waals surface area contributed by atoms with E-state index in [9.17, 15) is 9.90 Å². The third-order valence-corrected chi connectivity index (χ3v) is 6.25. The van der Waals surface area contributed by atoms with E-state index in [1.807, 2.05) is 78.6 Å². The predicted octanol–water partition coefficient (Wildman–Crippen LogP) is 4.40. The monoisotopic (exact) mass is 470 g/mol. The number of anilines is 1. The lowest BCUT2D eigenvalue weighted by atomic mass is 9.90. The molecule has 1 saturated heterocycles. The summed E-state index contributed by atoms with van der Waals surface area (Å²) in [7, 11) is 0. The Kier molecular flexibility index (Phi) is 6.43. The highest BCUT2D eigenvalue weighted by molar-refractivity contribution is 5.72. The van der Waals surface area contributed by atoms with E-state index in [1.54, 1.807) is 6.20 Å². The number of carboxylic acid groups (broad SMARTS) is 1. The second-order valence-electron chi connectivity index (χ2n) is 8.79. The van der Waals surface area contributed by atoms with Crippen LogP contribution in [0.4, 0.5) is 5.95 Å². The van der Waals surface area contributed by atoms with E-state index in [1.165, 1.54) is 0 Å². The Morgan fingerprint density at radius 1 is 1.11 bits per heavy atom. The molecule has 1 aliphatic rings. The molecule has 0 spiro atoms. The number of hydrogen-bond donors (Lipinski definition) is 1. The van der Waals surface area contributed by atoms with Gasteiger partial charge in [-0.3, -0.25) is 4.79 Å². The SMILES string of the molecule is Cc1ccnc(N2C[C@@H](Cc3ccc(OCc4cc(-c5ccccc5)no4)cc3)[C@@H](C(=O)O)C2)n1. The van der Waals surface area contributed by atoms with Crippen molar-refractivity contribution in [1.82, 2.24) is 15.1 Å². The molecule has 2 aromatic heterocycles. The van der Waals surface area contributed by atoms with Gasteiger partial charge in [-0.1, -0.05) is 47.6 Å². The largest absolute Gasteiger partial charge is 0.486 e. The number of aliphatic carboxylic acids is 1. The fourth-order valence-electron chi connectivity index (χ4n) is 4.41. The molecule has 0 saturated carbocycles. The summed E-state index contributed by atoms with van der Waals surface area (Å²) in [6.45, 7) is 3.19. The van der Waals surface area contributed by atoms with Crippen molar-refractivity contribution in [2.45, 2.75) is 20.0 Å². The molecule has 1 fully saturated rings. The minimum atomic E-state index is -0.785. The molecule has 0 radical (unpaired) electrons. The van der Waals surface area contributed by atoms with Gasteiger partial charge in [0.1, 0.15) is 18.1 Å². The molecular formula is C27H26N4O4. The van der Waals surface area contributed by atoms with Crippen LogP contribution in [-0.2, 0) is 17.8 Å². The standard InChI is InChI=1S/C27H26N4O4/c1-18-11-12-28-27(29-18)31-15-21(24(16-31)26(32)33)13-19-7-9-22(10-8-19)34-17-23-14-25(30-35-23)20-5-3-2-4-6-20/h2-12,14,21,24H,13,15-17H2,1H3,(H,32,33)/t21-,24+/m1/s1. The van der Waals surface area contributed by atoms with E-state index in [2.05, 4.69) is 15.1 Å². The first kappa shape index (κ1) is 22.6. The van der Waals surface area contributed by atoms with E-state index in [4.69, 9.17) is 9.26 Å². The molecule has 0 aliphatic carbocycles. The first-order valence-electron chi connectivity index (χ1n) is 11.6. The van der Waals surface area contributed by atoms with Gasteiger partial charge in [-0.05, 0) is 43.0 Å². The number of ether oxygens (including phenoxy) is 1. The normalized spacial score (nSPS) is 17.5. The van der Waals surface area contributed by atoms with Crippen LogP contribution in [0.2, 0.25) is 0 Å². The second-order valence-corrected chi connectivity index (χ2v) is 8.79. The van der Waals surface area contributed by atoms with Crippen LogP contribution < -0.4 is 9.64 Å². The molecule has 35 heavy (non-hydrogen) atoms. The van der Waals surface area contributed by atoms with Crippen molar-refractivity contribution >= 4 is 11.9 Å². The lowest BCUT2D eigenvalue weighted by Crippen LogP contribution is -2.25. The average molecular weight is 471 g/mol. The van der Waals surface area contributed by atoms with Crippen LogP contribution in [0.5, 0.6) is 5.75 Å². The van der Waals surface area contributed by atoms with E-state index >= 15 is 0 Å². The molecule has 178 valence electrons. The molecule has 8 nitrogen and oxygen atoms in total. The molecule has 5 rings (SSSR count). The predicted molar refractivity (Wildman–Crippen MR) is 130 cm³/mol. The summed E-state index contributed by atoms with van der Waals surface area (Å²) in [5.74, 6) is 0.649. The van der Waals surface area contributed by atoms with Crippen LogP contribution in [0.15, 0.2) is 77.4 Å². The molecule has 4 aromatic rings. The number of carbonyl (C=O) groups is 1. The van der Waals surface area contributed by atoms with E-state index < -0.39 is 11.9 Å². The topological polar surface area (TPSA) is 102 Å². The summed E-state index contributed by atoms with van der Waals surface area (Å²) in [5.41, 5.74) is 3.69. The lowest BCUT2D eigenvalue weighted by Gasteiger charge is -2.16. The minimum Gasteiger partial charge on any atom is -0.486 e. The van der Waals surface area contributed by atoms with Crippen LogP contribution in [0.1, 0.15) is 17.0 Å². The second kappa shape index (κ2) is 9.97. The maximum absolute atomic E-state index is 11.9. The molecule has 1 N–H and O–H groups in total. The molecular weight excluding hydrogens is 444 g/mol. The quantitative estimate of drug-likeness (QED) is 0.404. The van der Waals surface area contributed by atoms with Crippen LogP contribution in [0, 0.1) is 18.8 Å². The zero-order valence-corrected chi connectivity index (χ0v) is 19.4. The third kappa shape index (κ3) is 5.32. The van der Waals surface area contributed by atoms with Crippen molar-refractivity contribution in [3.63, 3.8) is 0 Å². The van der Waals surface area contributed by atoms with Gasteiger partial charge in [-0.25, -0.2) is 9.97 Å². The summed E-state index contributed by atoms with van der Waals surface area (Å²) >= 11 is 0. The van der Waals surface area contributed by atoms with Gasteiger partial charge in [0, 0.05) is 36.6 Å². The van der Waals surface area contributed by atoms with Gasteiger partial charge in [-0.2, -0.15) is 0 Å². The molecule has 2 atom stereocenters. The highest BCUT2D eigenvalue weighted by Crippen LogP contribution is 2.30. The smallest absolute Gasteiger partial charge is 0.308 e. The summed E-state index contributed by atoms with van der Waals surface area (Å²) < 4.78 is 11.3. The Hall–Kier alpha value is -4.20. The van der Waals surface area contributed by atoms with Crippen LogP contribution in [0.25, 0.3) is 11.3 Å². The van der Waals surface area contributed by atoms with Crippen molar-refractivity contribution in [2.75, 3.05) is 18.0 Å². The Labute approximate surface area is 203 Å². The molecule has 2 aromatic carbocycles. The van der Waals surface area contributed by atoms with Gasteiger partial charge in [-0.15, -0.1) is 0 Å². The number of hydrogen-bond acceptors (Lipinski definition) is 7. The van der Waals surface area contributed by atoms with Crippen molar-refractivity contribution in [1.29, 1.82) is 0 Å². The number of rotatable bonds is 8. The summed E-state index contributed by atoms with van der Waals surface area (Å²) in [6.07, 6.45) is 2.36. The molecule has 0 amide bonds. The number of carboxylic acids is 1. The molecule has 8 heteroatoms. The molecule has 1 aliphatic heterocycles. The van der Waals surface area contributed by atoms with Gasteiger partial charge in [0.25, 0.3) is 0 Å². The zero-order chi connectivity index (χ0) is 24.2. The maximum Gasteiger partial charge on any atom is 0.308 e. The number of nitrogens with zero attached hydrogens (tertiary/aromatic N) is 4. The third-order valence-electron chi connectivity index (χ3n) is 6.25. The fraction of sp³-hybridized carbons (Fsp3) is 0.259. The van der Waals surface area contributed by atoms with Crippen molar-refractivity contribution in [2.24, 2.45) is 11.8 Å². The van der Waals surface area contributed by atoms with E-state index in [-0.39, 0.29) is 12.5 Å². The lowest BCUT2D eigenvalue weighted by molar-refractivity contribution is -0.142. The summed E-state index contributed by atoms with van der Waals surface area (Å²) in [4.78, 5) is 22.7. The summed E-state index contributed by atoms with van der Waals surface area (Å²) in [6, 6.07) is 21.3. The fourth-order valence-corrected chi connectivity index (χ4v) is 4.41. The van der Waals surface area contributed by atoms with Crippen LogP contribution in [0.3, 0.4) is 0 Å². The van der Waals surface area contributed by atoms with Crippen molar-refractivity contribution < 1.29 is 19.2 Å². The Balaban J connectivity index is 1.19. The number of aromatic nitrogens is 3. The Bertz CT molecular complexity index is 1290. The number of aryl methyl sites for hydroxylation is 1. The van der Waals surface area contributed by atoms with Crippen LogP contribution in [-0.4, -0.2) is 39.3 Å². The Morgan fingerprint density at radius 3 is 2.66 bits per heavy atom. The van der Waals surface area contributed by atoms with Gasteiger partial charge in [0.05, 0.1) is 5.92 Å². The highest BCUT2D eigenvalue weighted by atomic mass is 16.5. The number of benzene rings is 2. The van der Waals surface area contributed by atoms with Crippen molar-refractivity contribution in [3.05, 3.63) is 89.9 Å².